The number of hydrogen-bond acceptors (Lipinski definition) is 2. The van der Waals surface area contributed by atoms with Gasteiger partial charge < -0.3 is 5.32 Å². The first kappa shape index (κ1) is 15.2. The van der Waals surface area contributed by atoms with Gasteiger partial charge in [-0.25, -0.2) is 4.98 Å². The Bertz CT molecular complexity index is 657. The summed E-state index contributed by atoms with van der Waals surface area (Å²) in [7, 11) is 0. The molecule has 0 radical (unpaired) electrons. The maximum atomic E-state index is 12.9. The number of rotatable bonds is 4. The molecule has 0 aliphatic rings. The maximum absolute atomic E-state index is 12.9. The summed E-state index contributed by atoms with van der Waals surface area (Å²) in [4.78, 5) is 4.28. The Morgan fingerprint density at radius 2 is 2.05 bits per heavy atom. The van der Waals surface area contributed by atoms with Crippen molar-refractivity contribution in [1.29, 1.82) is 0 Å². The maximum Gasteiger partial charge on any atom is 0.416 e. The number of aromatic nitrogens is 2. The Morgan fingerprint density at radius 1 is 1.33 bits per heavy atom. The van der Waals surface area contributed by atoms with Crippen LogP contribution in [0.5, 0.6) is 0 Å². The highest BCUT2D eigenvalue weighted by molar-refractivity contribution is 5.50. The van der Waals surface area contributed by atoms with Gasteiger partial charge in [0.2, 0.25) is 5.95 Å². The van der Waals surface area contributed by atoms with E-state index in [1.807, 2.05) is 0 Å². The monoisotopic (exact) mass is 295 g/mol. The Morgan fingerprint density at radius 3 is 2.67 bits per heavy atom. The number of imidazole rings is 1. The van der Waals surface area contributed by atoms with Crippen LogP contribution in [0.1, 0.15) is 16.8 Å². The van der Waals surface area contributed by atoms with Crippen LogP contribution in [0.2, 0.25) is 0 Å². The molecule has 1 aromatic carbocycles. The average molecular weight is 295 g/mol. The topological polar surface area (TPSA) is 29.9 Å². The standard InChI is InChI=1S/C15H16F3N3/c1-4-7-19-14-20-11(3)9-21(14)13-8-12(15(16,17)18)6-5-10(13)2/h4-6,8-9H,1,7H2,2-3H3,(H,19,20). The van der Waals surface area contributed by atoms with Crippen LogP contribution in [0, 0.1) is 13.8 Å². The van der Waals surface area contributed by atoms with Crippen molar-refractivity contribution in [3.8, 4) is 5.69 Å². The second kappa shape index (κ2) is 5.63. The minimum Gasteiger partial charge on any atom is -0.352 e. The minimum atomic E-state index is -4.37. The third kappa shape index (κ3) is 3.26. The fourth-order valence-corrected chi connectivity index (χ4v) is 2.01. The van der Waals surface area contributed by atoms with Crippen LogP contribution in [0.25, 0.3) is 5.69 Å². The van der Waals surface area contributed by atoms with Gasteiger partial charge in [0.05, 0.1) is 16.9 Å². The zero-order valence-corrected chi connectivity index (χ0v) is 11.8. The number of alkyl halides is 3. The molecule has 1 aromatic heterocycles. The fraction of sp³-hybridized carbons (Fsp3) is 0.267. The molecule has 6 heteroatoms. The summed E-state index contributed by atoms with van der Waals surface area (Å²) in [5.74, 6) is 0.495. The Kier molecular flexibility index (Phi) is 4.06. The molecule has 1 heterocycles. The van der Waals surface area contributed by atoms with Crippen LogP contribution in [-0.2, 0) is 6.18 Å². The predicted molar refractivity (Wildman–Crippen MR) is 76.7 cm³/mol. The molecule has 0 bridgehead atoms. The summed E-state index contributed by atoms with van der Waals surface area (Å²) in [6.45, 7) is 7.64. The molecule has 2 rings (SSSR count). The molecule has 0 spiro atoms. The van der Waals surface area contributed by atoms with E-state index in [2.05, 4.69) is 16.9 Å². The summed E-state index contributed by atoms with van der Waals surface area (Å²) in [5, 5.41) is 3.02. The first-order valence-corrected chi connectivity index (χ1v) is 6.42. The second-order valence-corrected chi connectivity index (χ2v) is 4.74. The van der Waals surface area contributed by atoms with Gasteiger partial charge in [-0.15, -0.1) is 6.58 Å². The second-order valence-electron chi connectivity index (χ2n) is 4.74. The first-order chi connectivity index (χ1) is 9.82. The molecule has 0 aliphatic carbocycles. The van der Waals surface area contributed by atoms with Gasteiger partial charge in [-0.2, -0.15) is 13.2 Å². The van der Waals surface area contributed by atoms with Crippen LogP contribution in [0.3, 0.4) is 0 Å². The highest BCUT2D eigenvalue weighted by Gasteiger charge is 2.31. The van der Waals surface area contributed by atoms with Crippen molar-refractivity contribution < 1.29 is 13.2 Å². The van der Waals surface area contributed by atoms with E-state index in [0.29, 0.717) is 18.2 Å². The van der Waals surface area contributed by atoms with Crippen LogP contribution >= 0.6 is 0 Å². The average Bonchev–Trinajstić information content (AvgIpc) is 2.76. The van der Waals surface area contributed by atoms with Gasteiger partial charge in [0.1, 0.15) is 0 Å². The number of halogens is 3. The molecule has 0 fully saturated rings. The van der Waals surface area contributed by atoms with Crippen LogP contribution < -0.4 is 5.32 Å². The molecule has 0 aliphatic heterocycles. The van der Waals surface area contributed by atoms with Crippen molar-refractivity contribution in [2.24, 2.45) is 0 Å². The Hall–Kier alpha value is -2.24. The van der Waals surface area contributed by atoms with Crippen molar-refractivity contribution >= 4 is 5.95 Å². The third-order valence-electron chi connectivity index (χ3n) is 3.03. The highest BCUT2D eigenvalue weighted by Crippen LogP contribution is 2.32. The van der Waals surface area contributed by atoms with E-state index in [1.165, 1.54) is 6.07 Å². The predicted octanol–water partition coefficient (Wildman–Crippen LogP) is 4.11. The molecule has 0 unspecified atom stereocenters. The fourth-order valence-electron chi connectivity index (χ4n) is 2.01. The molecule has 21 heavy (non-hydrogen) atoms. The highest BCUT2D eigenvalue weighted by atomic mass is 19.4. The number of nitrogens with one attached hydrogen (secondary N) is 1. The molecule has 0 saturated heterocycles. The molecule has 2 aromatic rings. The van der Waals surface area contributed by atoms with E-state index >= 15 is 0 Å². The molecule has 0 saturated carbocycles. The lowest BCUT2D eigenvalue weighted by molar-refractivity contribution is -0.137. The van der Waals surface area contributed by atoms with Crippen molar-refractivity contribution in [2.75, 3.05) is 11.9 Å². The zero-order chi connectivity index (χ0) is 15.6. The number of anilines is 1. The number of aryl methyl sites for hydroxylation is 2. The number of benzene rings is 1. The summed E-state index contributed by atoms with van der Waals surface area (Å²) < 4.78 is 40.2. The number of nitrogens with zero attached hydrogens (tertiary/aromatic N) is 2. The van der Waals surface area contributed by atoms with Gasteiger partial charge in [-0.3, -0.25) is 4.57 Å². The molecule has 3 nitrogen and oxygen atoms in total. The van der Waals surface area contributed by atoms with Crippen LogP contribution in [0.15, 0.2) is 37.1 Å². The van der Waals surface area contributed by atoms with Crippen molar-refractivity contribution in [3.05, 3.63) is 53.9 Å². The molecule has 1 N–H and O–H groups in total. The largest absolute Gasteiger partial charge is 0.416 e. The smallest absolute Gasteiger partial charge is 0.352 e. The first-order valence-electron chi connectivity index (χ1n) is 6.42. The lowest BCUT2D eigenvalue weighted by Gasteiger charge is -2.14. The summed E-state index contributed by atoms with van der Waals surface area (Å²) in [5.41, 5.74) is 1.24. The lowest BCUT2D eigenvalue weighted by Crippen LogP contribution is -2.09. The van der Waals surface area contributed by atoms with E-state index in [4.69, 9.17) is 0 Å². The van der Waals surface area contributed by atoms with E-state index in [9.17, 15) is 13.2 Å². The Balaban J connectivity index is 2.53. The Labute approximate surface area is 121 Å². The van der Waals surface area contributed by atoms with Gasteiger partial charge in [-0.1, -0.05) is 12.1 Å². The zero-order valence-electron chi connectivity index (χ0n) is 11.8. The molecule has 0 amide bonds. The van der Waals surface area contributed by atoms with Gasteiger partial charge in [0.25, 0.3) is 0 Å². The van der Waals surface area contributed by atoms with E-state index in [-0.39, 0.29) is 0 Å². The van der Waals surface area contributed by atoms with Gasteiger partial charge in [0, 0.05) is 12.7 Å². The van der Waals surface area contributed by atoms with Gasteiger partial charge >= 0.3 is 6.18 Å². The van der Waals surface area contributed by atoms with Crippen molar-refractivity contribution in [3.63, 3.8) is 0 Å². The number of hydrogen-bond donors (Lipinski definition) is 1. The molecule has 112 valence electrons. The van der Waals surface area contributed by atoms with Gasteiger partial charge in [0.15, 0.2) is 0 Å². The minimum absolute atomic E-state index is 0.456. The summed E-state index contributed by atoms with van der Waals surface area (Å²) in [6.07, 6.45) is -1.01. The quantitative estimate of drug-likeness (QED) is 0.860. The van der Waals surface area contributed by atoms with Crippen molar-refractivity contribution in [2.45, 2.75) is 20.0 Å². The van der Waals surface area contributed by atoms with Crippen molar-refractivity contribution in [1.82, 2.24) is 9.55 Å². The van der Waals surface area contributed by atoms with E-state index in [1.54, 1.807) is 30.7 Å². The van der Waals surface area contributed by atoms with E-state index in [0.717, 1.165) is 23.4 Å². The van der Waals surface area contributed by atoms with Crippen LogP contribution in [0.4, 0.5) is 19.1 Å². The normalized spacial score (nSPS) is 11.5. The molecular weight excluding hydrogens is 279 g/mol. The van der Waals surface area contributed by atoms with E-state index < -0.39 is 11.7 Å². The summed E-state index contributed by atoms with van der Waals surface area (Å²) in [6, 6.07) is 3.68. The molecular formula is C15H16F3N3. The summed E-state index contributed by atoms with van der Waals surface area (Å²) >= 11 is 0. The molecule has 0 atom stereocenters. The lowest BCUT2D eigenvalue weighted by atomic mass is 10.1. The third-order valence-corrected chi connectivity index (χ3v) is 3.03. The van der Waals surface area contributed by atoms with Crippen LogP contribution in [-0.4, -0.2) is 16.1 Å². The SMILES string of the molecule is C=CCNc1nc(C)cn1-c1cc(C(F)(F)F)ccc1C. The van der Waals surface area contributed by atoms with Gasteiger partial charge in [-0.05, 0) is 31.5 Å².